The zero-order valence-corrected chi connectivity index (χ0v) is 15.0. The van der Waals surface area contributed by atoms with E-state index in [1.807, 2.05) is 13.8 Å². The number of pyridine rings is 1. The van der Waals surface area contributed by atoms with Gasteiger partial charge in [-0.1, -0.05) is 13.8 Å². The largest absolute Gasteiger partial charge is 0.481 e. The van der Waals surface area contributed by atoms with Crippen LogP contribution in [0.15, 0.2) is 23.4 Å². The number of aromatic nitrogens is 1. The second kappa shape index (κ2) is 9.27. The number of hydrazone groups is 1. The van der Waals surface area contributed by atoms with Crippen molar-refractivity contribution in [3.05, 3.63) is 23.9 Å². The van der Waals surface area contributed by atoms with Gasteiger partial charge in [-0.25, -0.2) is 10.4 Å². The van der Waals surface area contributed by atoms with Crippen LogP contribution < -0.4 is 10.2 Å². The maximum absolute atomic E-state index is 11.7. The average molecular weight is 353 g/mol. The quantitative estimate of drug-likeness (QED) is 0.274. The van der Waals surface area contributed by atoms with Gasteiger partial charge in [-0.3, -0.25) is 9.59 Å². The minimum Gasteiger partial charge on any atom is -0.481 e. The van der Waals surface area contributed by atoms with Gasteiger partial charge in [0, 0.05) is 35.4 Å². The lowest BCUT2D eigenvalue weighted by atomic mass is 10.1. The van der Waals surface area contributed by atoms with Gasteiger partial charge in [0.2, 0.25) is 11.8 Å². The van der Waals surface area contributed by atoms with E-state index in [2.05, 4.69) is 28.1 Å². The standard InChI is InChI=1S/C16H23N3O4S/c1-11(18-19-13(20)9-16(2,3)24)12-6-7-14(17-10-12)23-8-4-5-15(21)22/h6-7,10,24H,4-5,8-9H2,1-3H3,(H,19,20)(H,21,22)/b18-11+. The molecule has 2 N–H and O–H groups in total. The Morgan fingerprint density at radius 3 is 2.67 bits per heavy atom. The molecule has 0 bridgehead atoms. The molecule has 7 nitrogen and oxygen atoms in total. The monoisotopic (exact) mass is 353 g/mol. The van der Waals surface area contributed by atoms with Crippen LogP contribution in [-0.4, -0.2) is 39.0 Å². The lowest BCUT2D eigenvalue weighted by molar-refractivity contribution is -0.137. The molecule has 0 saturated heterocycles. The Morgan fingerprint density at radius 1 is 1.42 bits per heavy atom. The summed E-state index contributed by atoms with van der Waals surface area (Å²) in [4.78, 5) is 26.2. The van der Waals surface area contributed by atoms with Gasteiger partial charge in [-0.15, -0.1) is 0 Å². The number of aliphatic carboxylic acids is 1. The maximum Gasteiger partial charge on any atom is 0.303 e. The van der Waals surface area contributed by atoms with Gasteiger partial charge < -0.3 is 9.84 Å². The number of hydrogen-bond acceptors (Lipinski definition) is 6. The van der Waals surface area contributed by atoms with Gasteiger partial charge in [-0.2, -0.15) is 17.7 Å². The van der Waals surface area contributed by atoms with E-state index in [0.29, 0.717) is 24.6 Å². The van der Waals surface area contributed by atoms with Crippen LogP contribution in [0.25, 0.3) is 0 Å². The third kappa shape index (κ3) is 8.52. The van der Waals surface area contributed by atoms with Crippen molar-refractivity contribution in [2.45, 2.75) is 44.8 Å². The molecule has 0 atom stereocenters. The highest BCUT2D eigenvalue weighted by Gasteiger charge is 2.16. The number of thiol groups is 1. The Labute approximate surface area is 146 Å². The normalized spacial score (nSPS) is 11.9. The fourth-order valence-electron chi connectivity index (χ4n) is 1.72. The highest BCUT2D eigenvalue weighted by Crippen LogP contribution is 2.16. The maximum atomic E-state index is 11.7. The van der Waals surface area contributed by atoms with E-state index in [1.54, 1.807) is 25.3 Å². The molecule has 0 spiro atoms. The number of hydrogen-bond donors (Lipinski definition) is 3. The van der Waals surface area contributed by atoms with E-state index in [4.69, 9.17) is 9.84 Å². The molecule has 0 radical (unpaired) electrons. The van der Waals surface area contributed by atoms with Crippen LogP contribution in [0.5, 0.6) is 5.88 Å². The Hall–Kier alpha value is -2.09. The summed E-state index contributed by atoms with van der Waals surface area (Å²) in [6.45, 7) is 5.76. The molecule has 1 rings (SSSR count). The van der Waals surface area contributed by atoms with Crippen LogP contribution in [0.4, 0.5) is 0 Å². The Balaban J connectivity index is 2.50. The fraction of sp³-hybridized carbons (Fsp3) is 0.500. The van der Waals surface area contributed by atoms with E-state index < -0.39 is 10.7 Å². The SMILES string of the molecule is C/C(=N\NC(=O)CC(C)(C)S)c1ccc(OCCCC(=O)O)nc1. The van der Waals surface area contributed by atoms with E-state index >= 15 is 0 Å². The topological polar surface area (TPSA) is 101 Å². The van der Waals surface area contributed by atoms with Crippen molar-refractivity contribution in [2.24, 2.45) is 5.10 Å². The number of carboxylic acids is 1. The van der Waals surface area contributed by atoms with E-state index in [0.717, 1.165) is 5.56 Å². The number of amides is 1. The summed E-state index contributed by atoms with van der Waals surface area (Å²) in [7, 11) is 0. The van der Waals surface area contributed by atoms with Crippen LogP contribution in [0.3, 0.4) is 0 Å². The minimum absolute atomic E-state index is 0.0621. The number of nitrogens with zero attached hydrogens (tertiary/aromatic N) is 2. The van der Waals surface area contributed by atoms with Gasteiger partial charge >= 0.3 is 5.97 Å². The number of ether oxygens (including phenoxy) is 1. The molecule has 1 aromatic heterocycles. The number of carboxylic acid groups (broad SMARTS) is 1. The molecule has 0 aliphatic carbocycles. The van der Waals surface area contributed by atoms with Gasteiger partial charge in [0.25, 0.3) is 0 Å². The molecule has 0 aliphatic heterocycles. The van der Waals surface area contributed by atoms with Gasteiger partial charge in [0.05, 0.1) is 12.3 Å². The second-order valence-corrected chi connectivity index (χ2v) is 7.16. The number of nitrogens with one attached hydrogen (secondary N) is 1. The van der Waals surface area contributed by atoms with Crippen molar-refractivity contribution in [2.75, 3.05) is 6.61 Å². The Morgan fingerprint density at radius 2 is 2.12 bits per heavy atom. The lowest BCUT2D eigenvalue weighted by Crippen LogP contribution is -2.26. The molecule has 132 valence electrons. The summed E-state index contributed by atoms with van der Waals surface area (Å²) in [5.74, 6) is -0.643. The minimum atomic E-state index is -0.850. The average Bonchev–Trinajstić information content (AvgIpc) is 2.48. The summed E-state index contributed by atoms with van der Waals surface area (Å²) in [5.41, 5.74) is 3.85. The van der Waals surface area contributed by atoms with E-state index in [-0.39, 0.29) is 18.7 Å². The summed E-state index contributed by atoms with van der Waals surface area (Å²) >= 11 is 4.30. The summed E-state index contributed by atoms with van der Waals surface area (Å²) < 4.78 is 4.96. The van der Waals surface area contributed by atoms with Crippen LogP contribution in [0.1, 0.15) is 45.6 Å². The molecule has 1 heterocycles. The van der Waals surface area contributed by atoms with E-state index in [9.17, 15) is 9.59 Å². The molecule has 0 fully saturated rings. The first-order valence-electron chi connectivity index (χ1n) is 7.54. The number of carbonyl (C=O) groups is 2. The first-order valence-corrected chi connectivity index (χ1v) is 7.98. The van der Waals surface area contributed by atoms with Crippen LogP contribution in [0.2, 0.25) is 0 Å². The summed E-state index contributed by atoms with van der Waals surface area (Å²) in [6, 6.07) is 3.45. The second-order valence-electron chi connectivity index (χ2n) is 5.95. The zero-order chi connectivity index (χ0) is 18.2. The summed E-state index contributed by atoms with van der Waals surface area (Å²) in [5, 5.41) is 12.6. The van der Waals surface area contributed by atoms with Crippen molar-refractivity contribution in [3.63, 3.8) is 0 Å². The molecule has 1 amide bonds. The molecular formula is C16H23N3O4S. The molecular weight excluding hydrogens is 330 g/mol. The predicted octanol–water partition coefficient (Wildman–Crippen LogP) is 2.26. The smallest absolute Gasteiger partial charge is 0.303 e. The molecule has 1 aromatic rings. The third-order valence-electron chi connectivity index (χ3n) is 2.88. The van der Waals surface area contributed by atoms with E-state index in [1.165, 1.54) is 0 Å². The summed E-state index contributed by atoms with van der Waals surface area (Å²) in [6.07, 6.45) is 2.33. The molecule has 8 heteroatoms. The Kier molecular flexibility index (Phi) is 7.70. The lowest BCUT2D eigenvalue weighted by Gasteiger charge is -2.15. The molecule has 0 aliphatic rings. The van der Waals surface area contributed by atoms with Crippen molar-refractivity contribution < 1.29 is 19.4 Å². The van der Waals surface area contributed by atoms with Crippen LogP contribution in [-0.2, 0) is 9.59 Å². The molecule has 24 heavy (non-hydrogen) atoms. The van der Waals surface area contributed by atoms with Crippen molar-refractivity contribution >= 4 is 30.2 Å². The molecule has 0 aromatic carbocycles. The molecule has 0 saturated carbocycles. The fourth-order valence-corrected chi connectivity index (χ4v) is 1.87. The van der Waals surface area contributed by atoms with Crippen molar-refractivity contribution in [1.82, 2.24) is 10.4 Å². The van der Waals surface area contributed by atoms with Crippen molar-refractivity contribution in [1.29, 1.82) is 0 Å². The first-order chi connectivity index (χ1) is 11.2. The zero-order valence-electron chi connectivity index (χ0n) is 14.1. The number of carbonyl (C=O) groups excluding carboxylic acids is 1. The van der Waals surface area contributed by atoms with Crippen LogP contribution in [0, 0.1) is 0 Å². The highest BCUT2D eigenvalue weighted by atomic mass is 32.1. The number of rotatable bonds is 9. The van der Waals surface area contributed by atoms with Crippen molar-refractivity contribution in [3.8, 4) is 5.88 Å². The Bertz CT molecular complexity index is 594. The van der Waals surface area contributed by atoms with Crippen LogP contribution >= 0.6 is 12.6 Å². The van der Waals surface area contributed by atoms with Gasteiger partial charge in [0.1, 0.15) is 0 Å². The first kappa shape index (κ1) is 20.0. The van der Waals surface area contributed by atoms with Gasteiger partial charge in [0.15, 0.2) is 0 Å². The predicted molar refractivity (Wildman–Crippen MR) is 94.6 cm³/mol. The molecule has 0 unspecified atom stereocenters. The highest BCUT2D eigenvalue weighted by molar-refractivity contribution is 7.81. The third-order valence-corrected chi connectivity index (χ3v) is 3.04. The van der Waals surface area contributed by atoms with Gasteiger partial charge in [-0.05, 0) is 19.4 Å².